The topological polar surface area (TPSA) is 9.86 Å². The number of aromatic nitrogens is 2. The third-order valence-corrected chi connectivity index (χ3v) is 11.3. The fraction of sp³-hybridized carbons (Fsp3) is 0.0196. The second-order valence-electron chi connectivity index (χ2n) is 14.2. The Kier molecular flexibility index (Phi) is 6.50. The third kappa shape index (κ3) is 4.52. The molecule has 2 heterocycles. The first kappa shape index (κ1) is 29.8. The number of hydrogen-bond donors (Lipinski definition) is 0. The van der Waals surface area contributed by atoms with E-state index >= 15 is 0 Å². The average Bonchev–Trinajstić information content (AvgIpc) is 3.83. The lowest BCUT2D eigenvalue weighted by atomic mass is 9.93. The molecule has 53 heavy (non-hydrogen) atoms. The summed E-state index contributed by atoms with van der Waals surface area (Å²) in [6.07, 6.45) is 0.849. The summed E-state index contributed by atoms with van der Waals surface area (Å²) in [6, 6.07) is 66.5. The van der Waals surface area contributed by atoms with Gasteiger partial charge < -0.3 is 9.13 Å². The molecule has 2 nitrogen and oxygen atoms in total. The highest BCUT2D eigenvalue weighted by Gasteiger charge is 2.24. The lowest BCUT2D eigenvalue weighted by Crippen LogP contribution is -1.95. The maximum Gasteiger partial charge on any atom is 0.0542 e. The van der Waals surface area contributed by atoms with Gasteiger partial charge in [-0.05, 0) is 111 Å². The number of nitrogens with zero attached hydrogens (tertiary/aromatic N) is 2. The van der Waals surface area contributed by atoms with Gasteiger partial charge in [-0.2, -0.15) is 0 Å². The molecule has 8 aromatic carbocycles. The molecule has 1 aliphatic rings. The number of hydrogen-bond acceptors (Lipinski definition) is 0. The Hall–Kier alpha value is -6.90. The van der Waals surface area contributed by atoms with Gasteiger partial charge in [0.2, 0.25) is 0 Å². The highest BCUT2D eigenvalue weighted by Crippen LogP contribution is 2.45. The van der Waals surface area contributed by atoms with Crippen LogP contribution >= 0.6 is 0 Å². The molecule has 2 heteroatoms. The van der Waals surface area contributed by atoms with Crippen molar-refractivity contribution >= 4 is 49.2 Å². The minimum Gasteiger partial charge on any atom is -0.309 e. The maximum absolute atomic E-state index is 4.53. The number of benzene rings is 8. The van der Waals surface area contributed by atoms with Crippen LogP contribution < -0.4 is 0 Å². The van der Waals surface area contributed by atoms with Crippen LogP contribution in [0.2, 0.25) is 0 Å². The summed E-state index contributed by atoms with van der Waals surface area (Å²) < 4.78 is 4.82. The smallest absolute Gasteiger partial charge is 0.0542 e. The van der Waals surface area contributed by atoms with Crippen molar-refractivity contribution in [2.45, 2.75) is 6.42 Å². The summed E-state index contributed by atoms with van der Waals surface area (Å²) in [7, 11) is 0. The predicted molar refractivity (Wildman–Crippen MR) is 223 cm³/mol. The van der Waals surface area contributed by atoms with Gasteiger partial charge in [-0.1, -0.05) is 134 Å². The fourth-order valence-corrected chi connectivity index (χ4v) is 8.91. The molecule has 0 saturated heterocycles. The summed E-state index contributed by atoms with van der Waals surface area (Å²) in [5.74, 6) is 0. The summed E-state index contributed by atoms with van der Waals surface area (Å²) in [5, 5.41) is 5.02. The van der Waals surface area contributed by atoms with E-state index in [1.807, 2.05) is 0 Å². The molecule has 0 atom stereocenters. The monoisotopic (exact) mass is 674 g/mol. The Balaban J connectivity index is 1.06. The first-order valence-corrected chi connectivity index (χ1v) is 18.3. The predicted octanol–water partition coefficient (Wildman–Crippen LogP) is 13.2. The molecule has 248 valence electrons. The average molecular weight is 675 g/mol. The van der Waals surface area contributed by atoms with E-state index in [1.165, 1.54) is 88.1 Å². The Labute approximate surface area is 308 Å². The van der Waals surface area contributed by atoms with E-state index in [9.17, 15) is 0 Å². The molecule has 0 radical (unpaired) electrons. The van der Waals surface area contributed by atoms with Crippen LogP contribution in [0.25, 0.3) is 82.8 Å². The molecule has 0 aliphatic heterocycles. The molecule has 0 bridgehead atoms. The van der Waals surface area contributed by atoms with Crippen molar-refractivity contribution in [1.82, 2.24) is 9.13 Å². The van der Waals surface area contributed by atoms with Gasteiger partial charge >= 0.3 is 0 Å². The Bertz CT molecular complexity index is 3050. The molecule has 11 rings (SSSR count). The van der Waals surface area contributed by atoms with Gasteiger partial charge in [0.25, 0.3) is 0 Å². The Morgan fingerprint density at radius 3 is 1.75 bits per heavy atom. The number of para-hydroxylation sites is 3. The second-order valence-corrected chi connectivity index (χ2v) is 14.2. The molecular formula is C51H34N2. The fourth-order valence-electron chi connectivity index (χ4n) is 8.91. The molecule has 0 N–H and O–H groups in total. The molecule has 0 unspecified atom stereocenters. The van der Waals surface area contributed by atoms with Crippen molar-refractivity contribution in [2.24, 2.45) is 0 Å². The van der Waals surface area contributed by atoms with Gasteiger partial charge in [0.05, 0.1) is 22.1 Å². The van der Waals surface area contributed by atoms with Gasteiger partial charge in [-0.3, -0.25) is 0 Å². The van der Waals surface area contributed by atoms with E-state index < -0.39 is 0 Å². The largest absolute Gasteiger partial charge is 0.309 e. The highest BCUT2D eigenvalue weighted by atomic mass is 15.0. The summed E-state index contributed by atoms with van der Waals surface area (Å²) in [4.78, 5) is 0. The van der Waals surface area contributed by atoms with Crippen molar-refractivity contribution in [2.75, 3.05) is 0 Å². The zero-order chi connectivity index (χ0) is 35.0. The first-order valence-electron chi connectivity index (χ1n) is 18.3. The van der Waals surface area contributed by atoms with Crippen LogP contribution in [0, 0.1) is 0 Å². The molecule has 0 amide bonds. The lowest BCUT2D eigenvalue weighted by molar-refractivity contribution is 1.16. The van der Waals surface area contributed by atoms with Crippen LogP contribution in [0.15, 0.2) is 189 Å². The van der Waals surface area contributed by atoms with Crippen LogP contribution in [0.3, 0.4) is 0 Å². The molecule has 2 aromatic heterocycles. The van der Waals surface area contributed by atoms with Gasteiger partial charge in [0, 0.05) is 32.9 Å². The van der Waals surface area contributed by atoms with E-state index in [-0.39, 0.29) is 0 Å². The van der Waals surface area contributed by atoms with E-state index in [1.54, 1.807) is 0 Å². The quantitative estimate of drug-likeness (QED) is 0.172. The van der Waals surface area contributed by atoms with Crippen LogP contribution in [-0.4, -0.2) is 9.13 Å². The highest BCUT2D eigenvalue weighted by molar-refractivity contribution is 6.13. The zero-order valence-electron chi connectivity index (χ0n) is 29.1. The minimum absolute atomic E-state index is 0.849. The van der Waals surface area contributed by atoms with Crippen LogP contribution in [0.4, 0.5) is 0 Å². The molecule has 0 saturated carbocycles. The third-order valence-electron chi connectivity index (χ3n) is 11.3. The zero-order valence-corrected chi connectivity index (χ0v) is 29.1. The molecular weight excluding hydrogens is 641 g/mol. The molecule has 10 aromatic rings. The molecule has 1 aliphatic carbocycles. The molecule has 0 spiro atoms. The summed E-state index contributed by atoms with van der Waals surface area (Å²) in [5.41, 5.74) is 18.4. The Morgan fingerprint density at radius 1 is 0.377 bits per heavy atom. The van der Waals surface area contributed by atoms with Gasteiger partial charge in [-0.25, -0.2) is 0 Å². The van der Waals surface area contributed by atoms with Crippen molar-refractivity contribution in [3.63, 3.8) is 0 Å². The van der Waals surface area contributed by atoms with Crippen molar-refractivity contribution in [3.8, 4) is 33.6 Å². The first-order chi connectivity index (χ1) is 26.2. The summed E-state index contributed by atoms with van der Waals surface area (Å²) in [6.45, 7) is 4.53. The normalized spacial score (nSPS) is 12.3. The summed E-state index contributed by atoms with van der Waals surface area (Å²) >= 11 is 0. The molecule has 0 fully saturated rings. The van der Waals surface area contributed by atoms with E-state index in [0.29, 0.717) is 0 Å². The van der Waals surface area contributed by atoms with E-state index in [0.717, 1.165) is 23.4 Å². The maximum atomic E-state index is 4.53. The van der Waals surface area contributed by atoms with Crippen LogP contribution in [-0.2, 0) is 6.42 Å². The Morgan fingerprint density at radius 2 is 0.962 bits per heavy atom. The minimum atomic E-state index is 0.849. The van der Waals surface area contributed by atoms with Crippen molar-refractivity contribution in [1.29, 1.82) is 0 Å². The SMILES string of the molecule is C=C1c2ccccc2-c2cccc(Cc3cccc(-c4ccc5c(c4)c4cc(-n6c7ccccc7c7ccccc76)ccc4n5-c4ccccc4)c3)c21. The van der Waals surface area contributed by atoms with E-state index in [2.05, 4.69) is 198 Å². The number of fused-ring (bicyclic) bond motifs is 9. The van der Waals surface area contributed by atoms with Gasteiger partial charge in [0.15, 0.2) is 0 Å². The van der Waals surface area contributed by atoms with Crippen molar-refractivity contribution < 1.29 is 0 Å². The van der Waals surface area contributed by atoms with Gasteiger partial charge in [0.1, 0.15) is 0 Å². The van der Waals surface area contributed by atoms with Gasteiger partial charge in [-0.15, -0.1) is 0 Å². The standard InChI is InChI=1S/C51H34N2/c1-33-40-18-5-6-19-41(40)44-22-12-15-37(51(33)44)30-34-13-11-14-35(29-34)36-25-27-49-45(31-36)46-32-39(26-28-50(46)52(49)38-16-3-2-4-17-38)53-47-23-9-7-20-42(47)43-21-8-10-24-48(43)53/h2-29,31-32H,1,30H2. The lowest BCUT2D eigenvalue weighted by Gasteiger charge is -2.12. The number of rotatable bonds is 5. The van der Waals surface area contributed by atoms with Crippen LogP contribution in [0.1, 0.15) is 22.3 Å². The van der Waals surface area contributed by atoms with Crippen LogP contribution in [0.5, 0.6) is 0 Å². The van der Waals surface area contributed by atoms with Crippen molar-refractivity contribution in [3.05, 3.63) is 211 Å². The second kappa shape index (κ2) is 11.6. The van der Waals surface area contributed by atoms with E-state index in [4.69, 9.17) is 0 Å².